The molecule has 0 saturated carbocycles. The van der Waals surface area contributed by atoms with E-state index in [1.807, 2.05) is 12.1 Å². The van der Waals surface area contributed by atoms with Gasteiger partial charge in [0.25, 0.3) is 0 Å². The van der Waals surface area contributed by atoms with Gasteiger partial charge < -0.3 is 9.88 Å². The Morgan fingerprint density at radius 2 is 1.96 bits per heavy atom. The van der Waals surface area contributed by atoms with Crippen molar-refractivity contribution in [2.24, 2.45) is 0 Å². The van der Waals surface area contributed by atoms with Crippen molar-refractivity contribution in [1.29, 1.82) is 0 Å². The van der Waals surface area contributed by atoms with Crippen molar-refractivity contribution in [3.05, 3.63) is 71.1 Å². The number of nitrogens with one attached hydrogen (secondary N) is 1. The van der Waals surface area contributed by atoms with Crippen LogP contribution in [-0.4, -0.2) is 22.1 Å². The SMILES string of the molecule is Fc1ccc(C2=CCNC(Cc3nc4cc(F)cc5c4n3CCC5)C2)cc1. The number of aryl methyl sites for hydroxylation is 2. The zero-order valence-electron chi connectivity index (χ0n) is 15.0. The fourth-order valence-corrected chi connectivity index (χ4v) is 4.41. The molecule has 5 rings (SSSR count). The molecular weight excluding hydrogens is 344 g/mol. The molecule has 5 heteroatoms. The molecule has 1 aromatic heterocycles. The number of imidazole rings is 1. The summed E-state index contributed by atoms with van der Waals surface area (Å²) in [4.78, 5) is 4.76. The maximum absolute atomic E-state index is 13.9. The minimum atomic E-state index is -0.212. The Morgan fingerprint density at radius 3 is 2.81 bits per heavy atom. The van der Waals surface area contributed by atoms with Gasteiger partial charge in [0.1, 0.15) is 17.5 Å². The molecule has 3 heterocycles. The third-order valence-electron chi connectivity index (χ3n) is 5.66. The van der Waals surface area contributed by atoms with E-state index in [1.165, 1.54) is 17.7 Å². The number of hydrogen-bond acceptors (Lipinski definition) is 2. The van der Waals surface area contributed by atoms with Gasteiger partial charge in [0.05, 0.1) is 11.0 Å². The molecule has 2 aliphatic heterocycles. The number of benzene rings is 2. The largest absolute Gasteiger partial charge is 0.328 e. The van der Waals surface area contributed by atoms with Crippen LogP contribution in [0.1, 0.15) is 29.8 Å². The third-order valence-corrected chi connectivity index (χ3v) is 5.66. The van der Waals surface area contributed by atoms with Crippen molar-refractivity contribution in [3.8, 4) is 0 Å². The molecule has 0 radical (unpaired) electrons. The molecule has 0 amide bonds. The van der Waals surface area contributed by atoms with E-state index in [9.17, 15) is 8.78 Å². The number of hydrogen-bond donors (Lipinski definition) is 1. The Labute approximate surface area is 156 Å². The van der Waals surface area contributed by atoms with Crippen LogP contribution >= 0.6 is 0 Å². The van der Waals surface area contributed by atoms with Crippen LogP contribution in [-0.2, 0) is 19.4 Å². The van der Waals surface area contributed by atoms with Crippen LogP contribution in [0.5, 0.6) is 0 Å². The highest BCUT2D eigenvalue weighted by Crippen LogP contribution is 2.30. The highest BCUT2D eigenvalue weighted by Gasteiger charge is 2.23. The number of halogens is 2. The van der Waals surface area contributed by atoms with Gasteiger partial charge in [0.15, 0.2) is 0 Å². The molecule has 3 nitrogen and oxygen atoms in total. The van der Waals surface area contributed by atoms with Gasteiger partial charge in [-0.3, -0.25) is 0 Å². The molecule has 2 aliphatic rings. The van der Waals surface area contributed by atoms with E-state index in [2.05, 4.69) is 16.0 Å². The van der Waals surface area contributed by atoms with Crippen LogP contribution in [0.25, 0.3) is 16.6 Å². The molecule has 0 spiro atoms. The predicted molar refractivity (Wildman–Crippen MR) is 103 cm³/mol. The molecular formula is C22H21F2N3. The lowest BCUT2D eigenvalue weighted by molar-refractivity contribution is 0.501. The molecule has 1 N–H and O–H groups in total. The first-order valence-corrected chi connectivity index (χ1v) is 9.53. The smallest absolute Gasteiger partial charge is 0.125 e. The van der Waals surface area contributed by atoms with Crippen molar-refractivity contribution in [1.82, 2.24) is 14.9 Å². The second-order valence-corrected chi connectivity index (χ2v) is 7.47. The fourth-order valence-electron chi connectivity index (χ4n) is 4.41. The molecule has 1 atom stereocenters. The normalized spacial score (nSPS) is 19.3. The maximum atomic E-state index is 13.9. The second kappa shape index (κ2) is 6.57. The lowest BCUT2D eigenvalue weighted by atomic mass is 9.93. The summed E-state index contributed by atoms with van der Waals surface area (Å²) >= 11 is 0. The lowest BCUT2D eigenvalue weighted by Gasteiger charge is -2.25. The van der Waals surface area contributed by atoms with Crippen LogP contribution in [0.2, 0.25) is 0 Å². The third kappa shape index (κ3) is 3.06. The van der Waals surface area contributed by atoms with Crippen molar-refractivity contribution >= 4 is 16.6 Å². The molecule has 3 aromatic rings. The van der Waals surface area contributed by atoms with E-state index in [1.54, 1.807) is 12.1 Å². The Bertz CT molecular complexity index is 1030. The molecule has 0 bridgehead atoms. The van der Waals surface area contributed by atoms with E-state index in [0.717, 1.165) is 66.8 Å². The van der Waals surface area contributed by atoms with Gasteiger partial charge in [0.2, 0.25) is 0 Å². The van der Waals surface area contributed by atoms with Crippen LogP contribution in [0, 0.1) is 11.6 Å². The van der Waals surface area contributed by atoms with Crippen LogP contribution in [0.15, 0.2) is 42.5 Å². The predicted octanol–water partition coefficient (Wildman–Crippen LogP) is 4.25. The zero-order valence-corrected chi connectivity index (χ0v) is 15.0. The fraction of sp³-hybridized carbons (Fsp3) is 0.318. The molecule has 1 unspecified atom stereocenters. The number of nitrogens with zero attached hydrogens (tertiary/aromatic N) is 2. The van der Waals surface area contributed by atoms with Crippen molar-refractivity contribution in [2.45, 2.75) is 38.3 Å². The Balaban J connectivity index is 1.42. The summed E-state index contributed by atoms with van der Waals surface area (Å²) in [5.74, 6) is 0.610. The Hall–Kier alpha value is -2.53. The van der Waals surface area contributed by atoms with E-state index in [4.69, 9.17) is 4.98 Å². The van der Waals surface area contributed by atoms with E-state index in [0.29, 0.717) is 0 Å². The first-order valence-electron chi connectivity index (χ1n) is 9.53. The van der Waals surface area contributed by atoms with Crippen molar-refractivity contribution < 1.29 is 8.78 Å². The molecule has 2 aromatic carbocycles. The Kier molecular flexibility index (Phi) is 4.05. The molecule has 0 fully saturated rings. The average molecular weight is 365 g/mol. The lowest BCUT2D eigenvalue weighted by Crippen LogP contribution is -2.35. The minimum absolute atomic E-state index is 0.201. The molecule has 138 valence electrons. The first kappa shape index (κ1) is 16.6. The summed E-state index contributed by atoms with van der Waals surface area (Å²) in [6, 6.07) is 10.2. The first-order chi connectivity index (χ1) is 13.2. The molecule has 0 saturated heterocycles. The van der Waals surface area contributed by atoms with Crippen molar-refractivity contribution in [2.75, 3.05) is 6.54 Å². The quantitative estimate of drug-likeness (QED) is 0.752. The van der Waals surface area contributed by atoms with E-state index in [-0.39, 0.29) is 17.7 Å². The van der Waals surface area contributed by atoms with Crippen LogP contribution in [0.3, 0.4) is 0 Å². The summed E-state index contributed by atoms with van der Waals surface area (Å²) < 4.78 is 29.3. The summed E-state index contributed by atoms with van der Waals surface area (Å²) in [6.07, 6.45) is 5.78. The number of aromatic nitrogens is 2. The highest BCUT2D eigenvalue weighted by atomic mass is 19.1. The van der Waals surface area contributed by atoms with Crippen molar-refractivity contribution in [3.63, 3.8) is 0 Å². The van der Waals surface area contributed by atoms with Gasteiger partial charge in [-0.05, 0) is 54.2 Å². The monoisotopic (exact) mass is 365 g/mol. The standard InChI is InChI=1S/C22H21F2N3/c23-17-5-3-14(4-6-17)15-7-8-25-19(11-15)13-21-26-20-12-18(24)10-16-2-1-9-27(21)22(16)20/h3-7,10,12,19,25H,1-2,8-9,11,13H2. The zero-order chi connectivity index (χ0) is 18.4. The molecule has 27 heavy (non-hydrogen) atoms. The summed E-state index contributed by atoms with van der Waals surface area (Å²) in [5, 5.41) is 3.54. The van der Waals surface area contributed by atoms with Crippen LogP contribution in [0.4, 0.5) is 8.78 Å². The van der Waals surface area contributed by atoms with Gasteiger partial charge in [-0.1, -0.05) is 18.2 Å². The summed E-state index contributed by atoms with van der Waals surface area (Å²) in [7, 11) is 0. The second-order valence-electron chi connectivity index (χ2n) is 7.47. The van der Waals surface area contributed by atoms with Gasteiger partial charge in [-0.25, -0.2) is 13.8 Å². The van der Waals surface area contributed by atoms with E-state index < -0.39 is 0 Å². The highest BCUT2D eigenvalue weighted by molar-refractivity contribution is 5.80. The van der Waals surface area contributed by atoms with Gasteiger partial charge in [-0.15, -0.1) is 0 Å². The van der Waals surface area contributed by atoms with Gasteiger partial charge in [0, 0.05) is 31.6 Å². The Morgan fingerprint density at radius 1 is 1.11 bits per heavy atom. The van der Waals surface area contributed by atoms with Crippen LogP contribution < -0.4 is 5.32 Å². The van der Waals surface area contributed by atoms with Gasteiger partial charge >= 0.3 is 0 Å². The van der Waals surface area contributed by atoms with Gasteiger partial charge in [-0.2, -0.15) is 0 Å². The maximum Gasteiger partial charge on any atom is 0.125 e. The summed E-state index contributed by atoms with van der Waals surface area (Å²) in [5.41, 5.74) is 5.24. The van der Waals surface area contributed by atoms with E-state index >= 15 is 0 Å². The average Bonchev–Trinajstić information content (AvgIpc) is 3.01. The summed E-state index contributed by atoms with van der Waals surface area (Å²) in [6.45, 7) is 1.73. The minimum Gasteiger partial charge on any atom is -0.328 e. The topological polar surface area (TPSA) is 29.9 Å². The molecule has 0 aliphatic carbocycles. The number of rotatable bonds is 3.